The highest BCUT2D eigenvalue weighted by atomic mass is 16.3. The van der Waals surface area contributed by atoms with Crippen molar-refractivity contribution in [1.29, 1.82) is 0 Å². The molecule has 1 amide bonds. The average Bonchev–Trinajstić information content (AvgIpc) is 2.30. The summed E-state index contributed by atoms with van der Waals surface area (Å²) in [5, 5.41) is 12.7. The van der Waals surface area contributed by atoms with Gasteiger partial charge in [0.05, 0.1) is 6.10 Å². The van der Waals surface area contributed by atoms with Gasteiger partial charge in [0, 0.05) is 26.1 Å². The first kappa shape index (κ1) is 14.5. The standard InChI is InChI=1S/C13H26N2O2/c1-3-14-13(17)8-9-15(2)10-11-6-4-5-7-12(11)16/h11-12,16H,3-10H2,1-2H3,(H,14,17). The minimum atomic E-state index is -0.143. The third-order valence-corrected chi connectivity index (χ3v) is 3.51. The van der Waals surface area contributed by atoms with E-state index in [1.165, 1.54) is 6.42 Å². The van der Waals surface area contributed by atoms with Gasteiger partial charge in [-0.1, -0.05) is 12.8 Å². The summed E-state index contributed by atoms with van der Waals surface area (Å²) in [5.41, 5.74) is 0. The predicted molar refractivity (Wildman–Crippen MR) is 68.8 cm³/mol. The van der Waals surface area contributed by atoms with Crippen molar-refractivity contribution in [3.05, 3.63) is 0 Å². The Morgan fingerprint density at radius 1 is 1.41 bits per heavy atom. The van der Waals surface area contributed by atoms with E-state index in [1.54, 1.807) is 0 Å². The zero-order chi connectivity index (χ0) is 12.7. The fourth-order valence-corrected chi connectivity index (χ4v) is 2.47. The Morgan fingerprint density at radius 3 is 2.76 bits per heavy atom. The third-order valence-electron chi connectivity index (χ3n) is 3.51. The van der Waals surface area contributed by atoms with E-state index in [9.17, 15) is 9.90 Å². The number of amides is 1. The zero-order valence-corrected chi connectivity index (χ0v) is 11.1. The Kier molecular flexibility index (Phi) is 6.52. The highest BCUT2D eigenvalue weighted by molar-refractivity contribution is 5.75. The Hall–Kier alpha value is -0.610. The van der Waals surface area contributed by atoms with E-state index in [0.29, 0.717) is 18.9 Å². The van der Waals surface area contributed by atoms with Crippen LogP contribution in [0.2, 0.25) is 0 Å². The molecule has 1 fully saturated rings. The molecule has 1 rings (SSSR count). The van der Waals surface area contributed by atoms with E-state index in [2.05, 4.69) is 10.2 Å². The van der Waals surface area contributed by atoms with Gasteiger partial charge in [-0.3, -0.25) is 4.79 Å². The number of nitrogens with one attached hydrogen (secondary N) is 1. The quantitative estimate of drug-likeness (QED) is 0.730. The van der Waals surface area contributed by atoms with Gasteiger partial charge in [-0.2, -0.15) is 0 Å². The second kappa shape index (κ2) is 7.67. The molecule has 4 nitrogen and oxygen atoms in total. The molecule has 0 aromatic rings. The number of nitrogens with zero attached hydrogens (tertiary/aromatic N) is 1. The van der Waals surface area contributed by atoms with Crippen LogP contribution in [0.25, 0.3) is 0 Å². The van der Waals surface area contributed by atoms with Crippen LogP contribution in [-0.4, -0.2) is 48.7 Å². The van der Waals surface area contributed by atoms with E-state index < -0.39 is 0 Å². The summed E-state index contributed by atoms with van der Waals surface area (Å²) in [4.78, 5) is 13.5. The first-order valence-corrected chi connectivity index (χ1v) is 6.76. The molecule has 0 radical (unpaired) electrons. The number of rotatable bonds is 6. The molecule has 2 N–H and O–H groups in total. The van der Waals surface area contributed by atoms with Gasteiger partial charge in [-0.25, -0.2) is 0 Å². The average molecular weight is 242 g/mol. The molecule has 0 aliphatic heterocycles. The summed E-state index contributed by atoms with van der Waals surface area (Å²) in [7, 11) is 2.03. The summed E-state index contributed by atoms with van der Waals surface area (Å²) in [5.74, 6) is 0.506. The van der Waals surface area contributed by atoms with Crippen LogP contribution in [0.1, 0.15) is 39.0 Å². The smallest absolute Gasteiger partial charge is 0.221 e. The molecule has 0 spiro atoms. The van der Waals surface area contributed by atoms with Gasteiger partial charge in [-0.15, -0.1) is 0 Å². The lowest BCUT2D eigenvalue weighted by Crippen LogP contribution is -2.36. The van der Waals surface area contributed by atoms with Gasteiger partial charge in [-0.05, 0) is 32.7 Å². The molecule has 0 aromatic heterocycles. The van der Waals surface area contributed by atoms with Crippen LogP contribution in [0.15, 0.2) is 0 Å². The lowest BCUT2D eigenvalue weighted by atomic mass is 9.86. The Labute approximate surface area is 104 Å². The van der Waals surface area contributed by atoms with Crippen molar-refractivity contribution in [3.63, 3.8) is 0 Å². The zero-order valence-electron chi connectivity index (χ0n) is 11.1. The maximum Gasteiger partial charge on any atom is 0.221 e. The highest BCUT2D eigenvalue weighted by Crippen LogP contribution is 2.24. The van der Waals surface area contributed by atoms with Gasteiger partial charge >= 0.3 is 0 Å². The van der Waals surface area contributed by atoms with Crippen LogP contribution in [0.3, 0.4) is 0 Å². The second-order valence-electron chi connectivity index (χ2n) is 5.08. The van der Waals surface area contributed by atoms with Crippen molar-refractivity contribution in [2.45, 2.75) is 45.1 Å². The molecule has 0 bridgehead atoms. The minimum absolute atomic E-state index is 0.114. The lowest BCUT2D eigenvalue weighted by molar-refractivity contribution is -0.121. The highest BCUT2D eigenvalue weighted by Gasteiger charge is 2.23. The molecule has 2 atom stereocenters. The molecule has 100 valence electrons. The Balaban J connectivity index is 2.19. The molecule has 0 saturated heterocycles. The van der Waals surface area contributed by atoms with Crippen molar-refractivity contribution >= 4 is 5.91 Å². The molecule has 2 unspecified atom stereocenters. The monoisotopic (exact) mass is 242 g/mol. The molecular weight excluding hydrogens is 216 g/mol. The van der Waals surface area contributed by atoms with Gasteiger partial charge < -0.3 is 15.3 Å². The van der Waals surface area contributed by atoms with Crippen molar-refractivity contribution in [2.75, 3.05) is 26.7 Å². The van der Waals surface area contributed by atoms with E-state index in [-0.39, 0.29) is 12.0 Å². The molecule has 0 heterocycles. The second-order valence-corrected chi connectivity index (χ2v) is 5.08. The fourth-order valence-electron chi connectivity index (χ4n) is 2.47. The predicted octanol–water partition coefficient (Wildman–Crippen LogP) is 0.995. The summed E-state index contributed by atoms with van der Waals surface area (Å²) in [6, 6.07) is 0. The van der Waals surface area contributed by atoms with Crippen LogP contribution in [0, 0.1) is 5.92 Å². The fraction of sp³-hybridized carbons (Fsp3) is 0.923. The SMILES string of the molecule is CCNC(=O)CCN(C)CC1CCCCC1O. The van der Waals surface area contributed by atoms with Gasteiger partial charge in [0.15, 0.2) is 0 Å². The summed E-state index contributed by atoms with van der Waals surface area (Å²) >= 11 is 0. The van der Waals surface area contributed by atoms with Crippen LogP contribution in [0.5, 0.6) is 0 Å². The van der Waals surface area contributed by atoms with E-state index in [1.807, 2.05) is 14.0 Å². The normalized spacial score (nSPS) is 24.9. The van der Waals surface area contributed by atoms with Crippen LogP contribution in [-0.2, 0) is 4.79 Å². The third kappa shape index (κ3) is 5.50. The topological polar surface area (TPSA) is 52.6 Å². The number of aliphatic hydroxyl groups is 1. The number of hydrogen-bond donors (Lipinski definition) is 2. The molecule has 1 aliphatic rings. The molecule has 4 heteroatoms. The van der Waals surface area contributed by atoms with E-state index in [4.69, 9.17) is 0 Å². The molecule has 1 aliphatic carbocycles. The molecule has 1 saturated carbocycles. The number of hydrogen-bond acceptors (Lipinski definition) is 3. The van der Waals surface area contributed by atoms with Crippen molar-refractivity contribution in [2.24, 2.45) is 5.92 Å². The molecule has 0 aromatic carbocycles. The number of carbonyl (C=O) groups excluding carboxylic acids is 1. The van der Waals surface area contributed by atoms with Crippen molar-refractivity contribution in [1.82, 2.24) is 10.2 Å². The maximum atomic E-state index is 11.3. The summed E-state index contributed by atoms with van der Waals surface area (Å²) in [6.07, 6.45) is 4.84. The van der Waals surface area contributed by atoms with E-state index >= 15 is 0 Å². The molecular formula is C13H26N2O2. The van der Waals surface area contributed by atoms with Gasteiger partial charge in [0.1, 0.15) is 0 Å². The van der Waals surface area contributed by atoms with Crippen LogP contribution in [0.4, 0.5) is 0 Å². The number of carbonyl (C=O) groups is 1. The Morgan fingerprint density at radius 2 is 2.12 bits per heavy atom. The largest absolute Gasteiger partial charge is 0.393 e. The van der Waals surface area contributed by atoms with Crippen LogP contribution < -0.4 is 5.32 Å². The van der Waals surface area contributed by atoms with Gasteiger partial charge in [0.2, 0.25) is 5.91 Å². The lowest BCUT2D eigenvalue weighted by Gasteiger charge is -2.31. The first-order chi connectivity index (χ1) is 8.13. The van der Waals surface area contributed by atoms with Crippen molar-refractivity contribution < 1.29 is 9.90 Å². The summed E-state index contributed by atoms with van der Waals surface area (Å²) in [6.45, 7) is 4.31. The van der Waals surface area contributed by atoms with Crippen LogP contribution >= 0.6 is 0 Å². The van der Waals surface area contributed by atoms with E-state index in [0.717, 1.165) is 32.4 Å². The number of aliphatic hydroxyl groups excluding tert-OH is 1. The Bertz CT molecular complexity index is 233. The first-order valence-electron chi connectivity index (χ1n) is 6.76. The minimum Gasteiger partial charge on any atom is -0.393 e. The maximum absolute atomic E-state index is 11.3. The van der Waals surface area contributed by atoms with Gasteiger partial charge in [0.25, 0.3) is 0 Å². The molecule has 17 heavy (non-hydrogen) atoms. The summed E-state index contributed by atoms with van der Waals surface area (Å²) < 4.78 is 0. The van der Waals surface area contributed by atoms with Crippen molar-refractivity contribution in [3.8, 4) is 0 Å².